The molecule has 0 aliphatic heterocycles. The first-order chi connectivity index (χ1) is 14.9. The summed E-state index contributed by atoms with van der Waals surface area (Å²) in [6.45, 7) is 3.75. The number of H-pyrrole nitrogens is 1. The van der Waals surface area contributed by atoms with Gasteiger partial charge >= 0.3 is 0 Å². The summed E-state index contributed by atoms with van der Waals surface area (Å²) in [5.74, 6) is -0.730. The van der Waals surface area contributed by atoms with Crippen molar-refractivity contribution in [3.63, 3.8) is 0 Å². The summed E-state index contributed by atoms with van der Waals surface area (Å²) < 4.78 is 0. The molecular formula is C24H21N5O2. The molecule has 154 valence electrons. The number of hydrogen-bond donors (Lipinski definition) is 4. The fourth-order valence-corrected chi connectivity index (χ4v) is 3.42. The maximum absolute atomic E-state index is 12.5. The largest absolute Gasteiger partial charge is 0.399 e. The molecule has 2 aromatic carbocycles. The third-order valence-electron chi connectivity index (χ3n) is 4.95. The Kier molecular flexibility index (Phi) is 5.24. The van der Waals surface area contributed by atoms with E-state index in [-0.39, 0.29) is 17.9 Å². The summed E-state index contributed by atoms with van der Waals surface area (Å²) in [4.78, 5) is 31.5. The molecule has 2 heterocycles. The Hall–Kier alpha value is -4.39. The van der Waals surface area contributed by atoms with Crippen molar-refractivity contribution < 1.29 is 9.59 Å². The Morgan fingerprint density at radius 1 is 1.10 bits per heavy atom. The molecule has 2 amide bonds. The average Bonchev–Trinajstić information content (AvgIpc) is 3.16. The zero-order valence-corrected chi connectivity index (χ0v) is 16.7. The van der Waals surface area contributed by atoms with Crippen molar-refractivity contribution in [2.24, 2.45) is 5.73 Å². The van der Waals surface area contributed by atoms with E-state index < -0.39 is 5.91 Å². The van der Waals surface area contributed by atoms with Gasteiger partial charge in [0.1, 0.15) is 5.65 Å². The van der Waals surface area contributed by atoms with Crippen LogP contribution in [0.3, 0.4) is 0 Å². The van der Waals surface area contributed by atoms with Crippen molar-refractivity contribution in [2.75, 3.05) is 11.1 Å². The second-order valence-electron chi connectivity index (χ2n) is 7.22. The number of pyridine rings is 1. The molecule has 0 bridgehead atoms. The molecule has 4 aromatic rings. The number of hydrogen-bond acceptors (Lipinski definition) is 4. The highest BCUT2D eigenvalue weighted by atomic mass is 16.1. The number of carbonyl (C=O) groups is 2. The highest BCUT2D eigenvalue weighted by Gasteiger charge is 2.12. The molecule has 0 aliphatic rings. The van der Waals surface area contributed by atoms with Gasteiger partial charge < -0.3 is 21.8 Å². The molecule has 6 N–H and O–H groups in total. The topological polar surface area (TPSA) is 127 Å². The molecule has 7 nitrogen and oxygen atoms in total. The van der Waals surface area contributed by atoms with Crippen LogP contribution in [0.1, 0.15) is 11.1 Å². The van der Waals surface area contributed by atoms with E-state index in [1.54, 1.807) is 24.4 Å². The number of primary amides is 1. The van der Waals surface area contributed by atoms with Crippen LogP contribution < -0.4 is 16.8 Å². The van der Waals surface area contributed by atoms with E-state index in [2.05, 4.69) is 21.9 Å². The second kappa shape index (κ2) is 8.16. The standard InChI is InChI=1S/C24H21N5O2/c1-14(23(26)31)16-5-3-6-17(10-16)21-13-28-24-20(21)11-19(12-27-24)29-22(30)9-15-4-2-7-18(25)8-15/h2-8,10-13H,1,9,25H2,(H2,26,31)(H,27,28)(H,29,30). The van der Waals surface area contributed by atoms with E-state index in [0.29, 0.717) is 22.6 Å². The third kappa shape index (κ3) is 4.30. The fraction of sp³-hybridized carbons (Fsp3) is 0.0417. The van der Waals surface area contributed by atoms with Gasteiger partial charge in [0, 0.05) is 28.4 Å². The first kappa shape index (κ1) is 19.9. The Balaban J connectivity index is 1.61. The van der Waals surface area contributed by atoms with Gasteiger partial charge in [-0.15, -0.1) is 0 Å². The minimum absolute atomic E-state index is 0.163. The van der Waals surface area contributed by atoms with Gasteiger partial charge in [-0.05, 0) is 41.0 Å². The lowest BCUT2D eigenvalue weighted by molar-refractivity contribution is -0.115. The van der Waals surface area contributed by atoms with Crippen LogP contribution in [0.2, 0.25) is 0 Å². The molecule has 0 spiro atoms. The van der Waals surface area contributed by atoms with E-state index in [9.17, 15) is 9.59 Å². The molecule has 7 heteroatoms. The van der Waals surface area contributed by atoms with Gasteiger partial charge in [0.25, 0.3) is 0 Å². The van der Waals surface area contributed by atoms with Gasteiger partial charge in [-0.1, -0.05) is 36.9 Å². The highest BCUT2D eigenvalue weighted by molar-refractivity contribution is 6.18. The SMILES string of the molecule is C=C(C(N)=O)c1cccc(-c2c[nH]c3ncc(NC(=O)Cc4cccc(N)c4)cc23)c1. The van der Waals surface area contributed by atoms with E-state index in [1.807, 2.05) is 42.6 Å². The van der Waals surface area contributed by atoms with Crippen LogP contribution in [0.5, 0.6) is 0 Å². The molecule has 0 aliphatic carbocycles. The quantitative estimate of drug-likeness (QED) is 0.286. The van der Waals surface area contributed by atoms with E-state index in [4.69, 9.17) is 11.5 Å². The van der Waals surface area contributed by atoms with Gasteiger partial charge in [-0.25, -0.2) is 4.98 Å². The van der Waals surface area contributed by atoms with Crippen LogP contribution in [0.15, 0.2) is 73.6 Å². The number of fused-ring (bicyclic) bond motifs is 1. The van der Waals surface area contributed by atoms with Crippen molar-refractivity contribution in [2.45, 2.75) is 6.42 Å². The van der Waals surface area contributed by atoms with Gasteiger partial charge in [0.2, 0.25) is 11.8 Å². The number of rotatable bonds is 6. The monoisotopic (exact) mass is 411 g/mol. The third-order valence-corrected chi connectivity index (χ3v) is 4.95. The average molecular weight is 411 g/mol. The number of nitrogens with one attached hydrogen (secondary N) is 2. The lowest BCUT2D eigenvalue weighted by Crippen LogP contribution is -2.14. The first-order valence-electron chi connectivity index (χ1n) is 9.61. The van der Waals surface area contributed by atoms with Crippen LogP contribution in [0.25, 0.3) is 27.7 Å². The van der Waals surface area contributed by atoms with Crippen LogP contribution >= 0.6 is 0 Å². The van der Waals surface area contributed by atoms with Crippen molar-refractivity contribution in [1.82, 2.24) is 9.97 Å². The van der Waals surface area contributed by atoms with Crippen molar-refractivity contribution in [3.05, 3.63) is 84.7 Å². The predicted octanol–water partition coefficient (Wildman–Crippen LogP) is 3.49. The summed E-state index contributed by atoms with van der Waals surface area (Å²) in [6.07, 6.45) is 3.65. The zero-order chi connectivity index (χ0) is 22.0. The molecule has 0 saturated heterocycles. The molecule has 0 fully saturated rings. The van der Waals surface area contributed by atoms with Gasteiger partial charge in [0.15, 0.2) is 0 Å². The number of nitrogens with zero attached hydrogens (tertiary/aromatic N) is 1. The Bertz CT molecular complexity index is 1320. The fourth-order valence-electron chi connectivity index (χ4n) is 3.42. The van der Waals surface area contributed by atoms with Crippen molar-refractivity contribution in [1.29, 1.82) is 0 Å². The molecule has 0 unspecified atom stereocenters. The van der Waals surface area contributed by atoms with Crippen LogP contribution in [-0.4, -0.2) is 21.8 Å². The molecule has 4 rings (SSSR count). The molecule has 0 saturated carbocycles. The molecule has 0 atom stereocenters. The number of nitrogen functional groups attached to an aromatic ring is 1. The number of nitrogens with two attached hydrogens (primary N) is 2. The maximum Gasteiger partial charge on any atom is 0.248 e. The van der Waals surface area contributed by atoms with E-state index in [1.165, 1.54) is 0 Å². The highest BCUT2D eigenvalue weighted by Crippen LogP contribution is 2.31. The normalized spacial score (nSPS) is 10.7. The summed E-state index contributed by atoms with van der Waals surface area (Å²) in [5, 5.41) is 3.72. The smallest absolute Gasteiger partial charge is 0.248 e. The Morgan fingerprint density at radius 2 is 1.90 bits per heavy atom. The molecule has 0 radical (unpaired) electrons. The molecule has 2 aromatic heterocycles. The van der Waals surface area contributed by atoms with Gasteiger partial charge in [0.05, 0.1) is 18.3 Å². The Labute approximate surface area is 178 Å². The van der Waals surface area contributed by atoms with Crippen LogP contribution in [0.4, 0.5) is 11.4 Å². The van der Waals surface area contributed by atoms with Gasteiger partial charge in [-0.2, -0.15) is 0 Å². The lowest BCUT2D eigenvalue weighted by Gasteiger charge is -2.07. The van der Waals surface area contributed by atoms with Crippen molar-refractivity contribution >= 4 is 39.8 Å². The number of amides is 2. The number of anilines is 2. The predicted molar refractivity (Wildman–Crippen MR) is 123 cm³/mol. The summed E-state index contributed by atoms with van der Waals surface area (Å²) in [7, 11) is 0. The lowest BCUT2D eigenvalue weighted by atomic mass is 9.99. The first-order valence-corrected chi connectivity index (χ1v) is 9.61. The number of benzene rings is 2. The summed E-state index contributed by atoms with van der Waals surface area (Å²) in [6, 6.07) is 16.5. The zero-order valence-electron chi connectivity index (χ0n) is 16.7. The molecule has 31 heavy (non-hydrogen) atoms. The second-order valence-corrected chi connectivity index (χ2v) is 7.22. The number of aromatic nitrogens is 2. The van der Waals surface area contributed by atoms with Crippen LogP contribution in [-0.2, 0) is 16.0 Å². The Morgan fingerprint density at radius 3 is 2.68 bits per heavy atom. The summed E-state index contributed by atoms with van der Waals surface area (Å²) in [5.41, 5.74) is 16.5. The number of aromatic amines is 1. The van der Waals surface area contributed by atoms with Crippen LogP contribution in [0, 0.1) is 0 Å². The van der Waals surface area contributed by atoms with E-state index in [0.717, 1.165) is 22.1 Å². The minimum atomic E-state index is -0.567. The number of carbonyl (C=O) groups excluding carboxylic acids is 2. The van der Waals surface area contributed by atoms with Gasteiger partial charge in [-0.3, -0.25) is 9.59 Å². The van der Waals surface area contributed by atoms with E-state index >= 15 is 0 Å². The minimum Gasteiger partial charge on any atom is -0.399 e. The maximum atomic E-state index is 12.5. The van der Waals surface area contributed by atoms with Crippen molar-refractivity contribution in [3.8, 4) is 11.1 Å². The molecular weight excluding hydrogens is 390 g/mol. The summed E-state index contributed by atoms with van der Waals surface area (Å²) >= 11 is 0.